The van der Waals surface area contributed by atoms with Crippen LogP contribution in [0.3, 0.4) is 0 Å². The maximum atomic E-state index is 9.31. The van der Waals surface area contributed by atoms with Crippen LogP contribution in [0, 0.1) is 5.41 Å². The highest BCUT2D eigenvalue weighted by atomic mass is 16.5. The molecule has 1 aliphatic heterocycles. The largest absolute Gasteiger partial charge is 0.396 e. The standard InChI is InChI=1S/C10H19NO2/c12-9-10(2-1-3-10)8-11-4-6-13-7-5-11/h12H,1-9H2. The van der Waals surface area contributed by atoms with E-state index >= 15 is 0 Å². The van der Waals surface area contributed by atoms with Crippen molar-refractivity contribution >= 4 is 0 Å². The van der Waals surface area contributed by atoms with Crippen LogP contribution in [0.25, 0.3) is 0 Å². The summed E-state index contributed by atoms with van der Waals surface area (Å²) in [5.41, 5.74) is 0.247. The number of hydrogen-bond donors (Lipinski definition) is 1. The van der Waals surface area contributed by atoms with Gasteiger partial charge in [0.2, 0.25) is 0 Å². The van der Waals surface area contributed by atoms with Gasteiger partial charge in [0.25, 0.3) is 0 Å². The Morgan fingerprint density at radius 1 is 1.23 bits per heavy atom. The van der Waals surface area contributed by atoms with E-state index in [9.17, 15) is 5.11 Å². The van der Waals surface area contributed by atoms with E-state index in [1.54, 1.807) is 0 Å². The second-order valence-corrected chi connectivity index (χ2v) is 4.40. The van der Waals surface area contributed by atoms with Crippen LogP contribution in [0.2, 0.25) is 0 Å². The number of rotatable bonds is 3. The molecule has 3 heteroatoms. The van der Waals surface area contributed by atoms with Gasteiger partial charge in [-0.15, -0.1) is 0 Å². The molecule has 0 aromatic rings. The number of ether oxygens (including phenoxy) is 1. The molecule has 0 spiro atoms. The molecule has 0 amide bonds. The predicted molar refractivity (Wildman–Crippen MR) is 50.6 cm³/mol. The second-order valence-electron chi connectivity index (χ2n) is 4.40. The van der Waals surface area contributed by atoms with Crippen LogP contribution in [0.15, 0.2) is 0 Å². The lowest BCUT2D eigenvalue weighted by Crippen LogP contribution is -2.48. The van der Waals surface area contributed by atoms with E-state index < -0.39 is 0 Å². The van der Waals surface area contributed by atoms with E-state index in [4.69, 9.17) is 4.74 Å². The fourth-order valence-corrected chi connectivity index (χ4v) is 2.28. The third-order valence-corrected chi connectivity index (χ3v) is 3.41. The summed E-state index contributed by atoms with van der Waals surface area (Å²) in [7, 11) is 0. The maximum Gasteiger partial charge on any atom is 0.0594 e. The summed E-state index contributed by atoms with van der Waals surface area (Å²) in [6, 6.07) is 0. The van der Waals surface area contributed by atoms with Crippen molar-refractivity contribution in [3.05, 3.63) is 0 Å². The van der Waals surface area contributed by atoms with Gasteiger partial charge in [-0.3, -0.25) is 4.90 Å². The molecule has 0 atom stereocenters. The zero-order chi connectivity index (χ0) is 9.15. The van der Waals surface area contributed by atoms with Crippen LogP contribution in [0.5, 0.6) is 0 Å². The molecule has 1 saturated carbocycles. The van der Waals surface area contributed by atoms with Crippen molar-refractivity contribution in [2.45, 2.75) is 19.3 Å². The minimum Gasteiger partial charge on any atom is -0.396 e. The average molecular weight is 185 g/mol. The number of morpholine rings is 1. The molecule has 0 aromatic carbocycles. The fourth-order valence-electron chi connectivity index (χ4n) is 2.28. The summed E-state index contributed by atoms with van der Waals surface area (Å²) in [4.78, 5) is 2.43. The van der Waals surface area contributed by atoms with E-state index in [0.717, 1.165) is 32.8 Å². The zero-order valence-corrected chi connectivity index (χ0v) is 8.17. The van der Waals surface area contributed by atoms with Gasteiger partial charge in [0, 0.05) is 31.7 Å². The molecular formula is C10H19NO2. The summed E-state index contributed by atoms with van der Waals surface area (Å²) >= 11 is 0. The molecule has 0 bridgehead atoms. The molecule has 1 heterocycles. The summed E-state index contributed by atoms with van der Waals surface area (Å²) in [6.45, 7) is 5.25. The van der Waals surface area contributed by atoms with Crippen molar-refractivity contribution in [1.82, 2.24) is 4.90 Å². The summed E-state index contributed by atoms with van der Waals surface area (Å²) in [5.74, 6) is 0. The highest BCUT2D eigenvalue weighted by molar-refractivity contribution is 4.90. The molecule has 13 heavy (non-hydrogen) atoms. The smallest absolute Gasteiger partial charge is 0.0594 e. The Morgan fingerprint density at radius 3 is 2.38 bits per heavy atom. The van der Waals surface area contributed by atoms with Crippen LogP contribution >= 0.6 is 0 Å². The Hall–Kier alpha value is -0.120. The Bertz CT molecular complexity index is 157. The van der Waals surface area contributed by atoms with Gasteiger partial charge in [0.05, 0.1) is 13.2 Å². The molecule has 2 rings (SSSR count). The number of aliphatic hydroxyl groups is 1. The average Bonchev–Trinajstić information content (AvgIpc) is 2.13. The Kier molecular flexibility index (Phi) is 2.86. The quantitative estimate of drug-likeness (QED) is 0.694. The first-order valence-corrected chi connectivity index (χ1v) is 5.26. The van der Waals surface area contributed by atoms with Crippen molar-refractivity contribution in [3.63, 3.8) is 0 Å². The van der Waals surface area contributed by atoms with Gasteiger partial charge < -0.3 is 9.84 Å². The predicted octanol–water partition coefficient (Wildman–Crippen LogP) is 0.481. The molecule has 3 nitrogen and oxygen atoms in total. The lowest BCUT2D eigenvalue weighted by atomic mass is 9.69. The fraction of sp³-hybridized carbons (Fsp3) is 1.00. The van der Waals surface area contributed by atoms with Gasteiger partial charge in [0.15, 0.2) is 0 Å². The molecular weight excluding hydrogens is 166 g/mol. The van der Waals surface area contributed by atoms with Crippen LogP contribution < -0.4 is 0 Å². The summed E-state index contributed by atoms with van der Waals surface area (Å²) < 4.78 is 5.30. The monoisotopic (exact) mass is 185 g/mol. The summed E-state index contributed by atoms with van der Waals surface area (Å²) in [5, 5.41) is 9.31. The normalized spacial score (nSPS) is 28.4. The zero-order valence-electron chi connectivity index (χ0n) is 8.17. The number of aliphatic hydroxyl groups excluding tert-OH is 1. The van der Waals surface area contributed by atoms with Crippen molar-refractivity contribution in [2.75, 3.05) is 39.5 Å². The van der Waals surface area contributed by atoms with Gasteiger partial charge >= 0.3 is 0 Å². The van der Waals surface area contributed by atoms with Crippen LogP contribution in [-0.4, -0.2) is 49.5 Å². The Morgan fingerprint density at radius 2 is 1.92 bits per heavy atom. The van der Waals surface area contributed by atoms with Gasteiger partial charge in [-0.1, -0.05) is 6.42 Å². The Labute approximate surface area is 79.7 Å². The van der Waals surface area contributed by atoms with Crippen LogP contribution in [0.4, 0.5) is 0 Å². The number of nitrogens with zero attached hydrogens (tertiary/aromatic N) is 1. The molecule has 0 unspecified atom stereocenters. The van der Waals surface area contributed by atoms with E-state index in [-0.39, 0.29) is 5.41 Å². The SMILES string of the molecule is OCC1(CN2CCOCC2)CCC1. The van der Waals surface area contributed by atoms with Gasteiger partial charge in [0.1, 0.15) is 0 Å². The molecule has 2 fully saturated rings. The van der Waals surface area contributed by atoms with Gasteiger partial charge in [-0.05, 0) is 12.8 Å². The van der Waals surface area contributed by atoms with Gasteiger partial charge in [-0.25, -0.2) is 0 Å². The lowest BCUT2D eigenvalue weighted by Gasteiger charge is -2.44. The van der Waals surface area contributed by atoms with Crippen molar-refractivity contribution in [1.29, 1.82) is 0 Å². The van der Waals surface area contributed by atoms with E-state index in [1.807, 2.05) is 0 Å². The minimum absolute atomic E-state index is 0.247. The highest BCUT2D eigenvalue weighted by Crippen LogP contribution is 2.41. The maximum absolute atomic E-state index is 9.31. The minimum atomic E-state index is 0.247. The van der Waals surface area contributed by atoms with E-state index in [0.29, 0.717) is 6.61 Å². The van der Waals surface area contributed by atoms with E-state index in [1.165, 1.54) is 19.3 Å². The number of hydrogen-bond acceptors (Lipinski definition) is 3. The van der Waals surface area contributed by atoms with E-state index in [2.05, 4.69) is 4.90 Å². The molecule has 0 radical (unpaired) electrons. The molecule has 1 saturated heterocycles. The lowest BCUT2D eigenvalue weighted by molar-refractivity contribution is -0.0293. The highest BCUT2D eigenvalue weighted by Gasteiger charge is 2.37. The molecule has 1 N–H and O–H groups in total. The third kappa shape index (κ3) is 2.03. The van der Waals surface area contributed by atoms with Crippen LogP contribution in [0.1, 0.15) is 19.3 Å². The summed E-state index contributed by atoms with van der Waals surface area (Å²) in [6.07, 6.45) is 3.71. The van der Waals surface area contributed by atoms with Crippen LogP contribution in [-0.2, 0) is 4.74 Å². The van der Waals surface area contributed by atoms with Gasteiger partial charge in [-0.2, -0.15) is 0 Å². The molecule has 1 aliphatic carbocycles. The van der Waals surface area contributed by atoms with Crippen molar-refractivity contribution in [2.24, 2.45) is 5.41 Å². The first kappa shape index (κ1) is 9.44. The topological polar surface area (TPSA) is 32.7 Å². The molecule has 76 valence electrons. The third-order valence-electron chi connectivity index (χ3n) is 3.41. The Balaban J connectivity index is 1.81. The first-order valence-electron chi connectivity index (χ1n) is 5.26. The second kappa shape index (κ2) is 3.95. The van der Waals surface area contributed by atoms with Crippen molar-refractivity contribution < 1.29 is 9.84 Å². The molecule has 2 aliphatic rings. The first-order chi connectivity index (χ1) is 6.35. The molecule has 0 aromatic heterocycles. The van der Waals surface area contributed by atoms with Crippen molar-refractivity contribution in [3.8, 4) is 0 Å².